The van der Waals surface area contributed by atoms with Crippen LogP contribution in [0, 0.1) is 0 Å². The average molecular weight is 716 g/mol. The number of aromatic nitrogens is 7. The minimum absolute atomic E-state index is 0.0442. The van der Waals surface area contributed by atoms with Crippen molar-refractivity contribution in [3.8, 4) is 22.4 Å². The molecule has 6 heterocycles. The van der Waals surface area contributed by atoms with E-state index in [1.165, 1.54) is 0 Å². The van der Waals surface area contributed by atoms with Crippen LogP contribution in [-0.2, 0) is 20.9 Å². The summed E-state index contributed by atoms with van der Waals surface area (Å²) >= 11 is 0. The first-order valence-electron chi connectivity index (χ1n) is 18.5. The molecule has 0 aliphatic carbocycles. The van der Waals surface area contributed by atoms with E-state index in [1.807, 2.05) is 59.6 Å². The minimum Gasteiger partial charge on any atom is -0.444 e. The lowest BCUT2D eigenvalue weighted by Crippen LogP contribution is -2.53. The molecule has 7 rings (SSSR count). The topological polar surface area (TPSA) is 126 Å². The van der Waals surface area contributed by atoms with Gasteiger partial charge in [-0.2, -0.15) is 5.10 Å². The second-order valence-corrected chi connectivity index (χ2v) is 22.2. The zero-order valence-corrected chi connectivity index (χ0v) is 32.2. The SMILES string of the molecule is CN(c1ccc(-c2ccc(-c3cnn(C4CCCCO4)c3)c3nnn(COCC[Si](C)(C)C)c23)nn1)[C@@H]1C[C@H]2CC[C@@H](C1)N2C(=O)OC(C)(C)C. The van der Waals surface area contributed by atoms with Gasteiger partial charge in [0.05, 0.1) is 11.9 Å². The maximum atomic E-state index is 13.0. The van der Waals surface area contributed by atoms with Gasteiger partial charge < -0.3 is 24.0 Å². The van der Waals surface area contributed by atoms with Crippen molar-refractivity contribution in [2.24, 2.45) is 0 Å². The number of ether oxygens (including phenoxy) is 3. The van der Waals surface area contributed by atoms with E-state index in [0.29, 0.717) is 13.3 Å². The molecule has 0 N–H and O–H groups in total. The molecule has 14 heteroatoms. The maximum absolute atomic E-state index is 13.0. The van der Waals surface area contributed by atoms with Crippen LogP contribution in [0.15, 0.2) is 36.7 Å². The summed E-state index contributed by atoms with van der Waals surface area (Å²) in [6.45, 7) is 14.5. The molecule has 1 aromatic carbocycles. The van der Waals surface area contributed by atoms with Crippen LogP contribution in [0.2, 0.25) is 25.7 Å². The summed E-state index contributed by atoms with van der Waals surface area (Å²) < 4.78 is 21.6. The Balaban J connectivity index is 1.13. The van der Waals surface area contributed by atoms with Gasteiger partial charge in [-0.15, -0.1) is 15.3 Å². The number of hydrogen-bond donors (Lipinski definition) is 0. The van der Waals surface area contributed by atoms with E-state index in [9.17, 15) is 4.79 Å². The number of hydrogen-bond acceptors (Lipinski definition) is 10. The molecule has 13 nitrogen and oxygen atoms in total. The first-order valence-corrected chi connectivity index (χ1v) is 22.2. The molecule has 3 saturated heterocycles. The molecular weight excluding hydrogens is 663 g/mol. The summed E-state index contributed by atoms with van der Waals surface area (Å²) in [6.07, 6.45) is 10.6. The van der Waals surface area contributed by atoms with Gasteiger partial charge in [0, 0.05) is 69.3 Å². The van der Waals surface area contributed by atoms with Crippen LogP contribution >= 0.6 is 0 Å². The lowest BCUT2D eigenvalue weighted by atomic mass is 9.96. The molecule has 274 valence electrons. The van der Waals surface area contributed by atoms with Crippen LogP contribution in [0.3, 0.4) is 0 Å². The lowest BCUT2D eigenvalue weighted by molar-refractivity contribution is -0.0394. The van der Waals surface area contributed by atoms with Crippen LogP contribution in [-0.4, -0.2) is 98.0 Å². The summed E-state index contributed by atoms with van der Waals surface area (Å²) in [5, 5.41) is 23.4. The minimum atomic E-state index is -1.25. The highest BCUT2D eigenvalue weighted by atomic mass is 28.3. The second-order valence-electron chi connectivity index (χ2n) is 16.6. The summed E-state index contributed by atoms with van der Waals surface area (Å²) in [7, 11) is 0.837. The van der Waals surface area contributed by atoms with Crippen molar-refractivity contribution in [1.82, 2.24) is 39.9 Å². The Bertz CT molecular complexity index is 1810. The van der Waals surface area contributed by atoms with Gasteiger partial charge in [-0.1, -0.05) is 30.9 Å². The molecule has 3 aromatic heterocycles. The fraction of sp³-hybridized carbons (Fsp3) is 0.622. The number of rotatable bonds is 10. The molecule has 3 aliphatic rings. The molecule has 51 heavy (non-hydrogen) atoms. The molecular formula is C37H53N9O4Si. The van der Waals surface area contributed by atoms with E-state index in [0.717, 1.165) is 96.8 Å². The zero-order chi connectivity index (χ0) is 35.9. The molecule has 0 spiro atoms. The van der Waals surface area contributed by atoms with Crippen LogP contribution in [0.5, 0.6) is 0 Å². The molecule has 4 atom stereocenters. The number of amides is 1. The summed E-state index contributed by atoms with van der Waals surface area (Å²) in [5.41, 5.74) is 4.64. The smallest absolute Gasteiger partial charge is 0.410 e. The normalized spacial score (nSPS) is 22.5. The maximum Gasteiger partial charge on any atom is 0.410 e. The number of carbonyl (C=O) groups excluding carboxylic acids is 1. The van der Waals surface area contributed by atoms with Gasteiger partial charge in [-0.05, 0) is 90.0 Å². The molecule has 2 bridgehead atoms. The summed E-state index contributed by atoms with van der Waals surface area (Å²) in [4.78, 5) is 17.2. The van der Waals surface area contributed by atoms with Crippen LogP contribution in [0.25, 0.3) is 33.4 Å². The van der Waals surface area contributed by atoms with Gasteiger partial charge in [0.25, 0.3) is 0 Å². The lowest BCUT2D eigenvalue weighted by Gasteiger charge is -2.42. The third-order valence-electron chi connectivity index (χ3n) is 10.4. The van der Waals surface area contributed by atoms with E-state index < -0.39 is 13.7 Å². The van der Waals surface area contributed by atoms with Crippen molar-refractivity contribution in [3.05, 3.63) is 36.7 Å². The number of benzene rings is 1. The van der Waals surface area contributed by atoms with E-state index in [-0.39, 0.29) is 30.4 Å². The van der Waals surface area contributed by atoms with Gasteiger partial charge >= 0.3 is 6.09 Å². The monoisotopic (exact) mass is 715 g/mol. The molecule has 4 aromatic rings. The third-order valence-corrected chi connectivity index (χ3v) is 12.1. The van der Waals surface area contributed by atoms with Crippen molar-refractivity contribution >= 4 is 31.0 Å². The van der Waals surface area contributed by atoms with Crippen LogP contribution in [0.4, 0.5) is 10.6 Å². The number of fused-ring (bicyclic) bond motifs is 3. The second kappa shape index (κ2) is 14.3. The van der Waals surface area contributed by atoms with E-state index in [2.05, 4.69) is 59.1 Å². The van der Waals surface area contributed by atoms with Gasteiger partial charge in [-0.3, -0.25) is 0 Å². The standard InChI is InChI=1S/C37H53N9O4Si/c1-37(2,3)50-36(47)46-26-11-12-27(46)21-28(20-26)43(4)32-16-15-31(39-40-32)30-14-13-29(25-22-38-44(23-25)33-10-8-9-17-49-33)34-35(30)45(42-41-34)24-48-18-19-51(5,6)7/h13-16,22-23,26-28,33H,8-12,17-21,24H2,1-7H3/t26-,27+,28-,33?. The highest BCUT2D eigenvalue weighted by molar-refractivity contribution is 6.76. The van der Waals surface area contributed by atoms with Crippen molar-refractivity contribution < 1.29 is 19.0 Å². The Morgan fingerprint density at radius 2 is 1.76 bits per heavy atom. The molecule has 0 radical (unpaired) electrons. The van der Waals surface area contributed by atoms with Gasteiger partial charge in [0.15, 0.2) is 5.82 Å². The Kier molecular flexibility index (Phi) is 9.94. The van der Waals surface area contributed by atoms with Crippen molar-refractivity contribution in [2.45, 2.75) is 128 Å². The summed E-state index contributed by atoms with van der Waals surface area (Å²) in [6, 6.07) is 9.89. The molecule has 1 amide bonds. The van der Waals surface area contributed by atoms with Crippen LogP contribution in [0.1, 0.15) is 71.9 Å². The fourth-order valence-electron chi connectivity index (χ4n) is 7.63. The summed E-state index contributed by atoms with van der Waals surface area (Å²) in [5.74, 6) is 0.806. The number of carbonyl (C=O) groups is 1. The largest absolute Gasteiger partial charge is 0.444 e. The van der Waals surface area contributed by atoms with Crippen molar-refractivity contribution in [2.75, 3.05) is 25.2 Å². The van der Waals surface area contributed by atoms with Crippen molar-refractivity contribution in [1.29, 1.82) is 0 Å². The number of anilines is 1. The van der Waals surface area contributed by atoms with E-state index >= 15 is 0 Å². The predicted molar refractivity (Wildman–Crippen MR) is 199 cm³/mol. The molecule has 0 saturated carbocycles. The Hall–Kier alpha value is -3.88. The fourth-order valence-corrected chi connectivity index (χ4v) is 8.39. The average Bonchev–Trinajstić information content (AvgIpc) is 3.82. The third kappa shape index (κ3) is 7.82. The van der Waals surface area contributed by atoms with E-state index in [4.69, 9.17) is 24.4 Å². The van der Waals surface area contributed by atoms with Crippen LogP contribution < -0.4 is 4.90 Å². The highest BCUT2D eigenvalue weighted by Crippen LogP contribution is 2.40. The molecule has 1 unspecified atom stereocenters. The highest BCUT2D eigenvalue weighted by Gasteiger charge is 2.46. The Labute approximate surface area is 301 Å². The Morgan fingerprint density at radius 1 is 1.00 bits per heavy atom. The zero-order valence-electron chi connectivity index (χ0n) is 31.2. The van der Waals surface area contributed by atoms with Crippen molar-refractivity contribution in [3.63, 3.8) is 0 Å². The van der Waals surface area contributed by atoms with Gasteiger partial charge in [-0.25, -0.2) is 14.2 Å². The number of nitrogens with zero attached hydrogens (tertiary/aromatic N) is 9. The van der Waals surface area contributed by atoms with Gasteiger partial charge in [0.1, 0.15) is 29.6 Å². The molecule has 3 aliphatic heterocycles. The first-order chi connectivity index (χ1) is 24.3. The Morgan fingerprint density at radius 3 is 2.43 bits per heavy atom. The number of piperidine rings is 1. The predicted octanol–water partition coefficient (Wildman–Crippen LogP) is 7.13. The van der Waals surface area contributed by atoms with E-state index in [1.54, 1.807) is 0 Å². The quantitative estimate of drug-likeness (QED) is 0.124. The molecule has 3 fully saturated rings. The van der Waals surface area contributed by atoms with Gasteiger partial charge in [0.2, 0.25) is 0 Å². The first kappa shape index (κ1) is 35.5.